The summed E-state index contributed by atoms with van der Waals surface area (Å²) in [5.74, 6) is 0. The number of hydrogen-bond donors (Lipinski definition) is 1. The lowest BCUT2D eigenvalue weighted by Gasteiger charge is -2.26. The second kappa shape index (κ2) is 3.99. The van der Waals surface area contributed by atoms with Crippen LogP contribution in [0.1, 0.15) is 18.1 Å². The SMILES string of the molecule is Cc1ccc2cc(C(C)(O)C(F)(F)F)ccc2c1. The molecule has 2 rings (SSSR count). The van der Waals surface area contributed by atoms with Gasteiger partial charge < -0.3 is 5.11 Å². The van der Waals surface area contributed by atoms with Crippen LogP contribution in [0, 0.1) is 6.92 Å². The second-order valence-electron chi connectivity index (χ2n) is 4.64. The van der Waals surface area contributed by atoms with E-state index in [1.54, 1.807) is 12.1 Å². The van der Waals surface area contributed by atoms with Crippen LogP contribution in [0.3, 0.4) is 0 Å². The molecule has 1 unspecified atom stereocenters. The van der Waals surface area contributed by atoms with E-state index in [4.69, 9.17) is 0 Å². The highest BCUT2D eigenvalue weighted by Crippen LogP contribution is 2.39. The van der Waals surface area contributed by atoms with Gasteiger partial charge in [0.2, 0.25) is 0 Å². The van der Waals surface area contributed by atoms with Crippen molar-refractivity contribution in [2.45, 2.75) is 25.6 Å². The zero-order chi connectivity index (χ0) is 13.6. The van der Waals surface area contributed by atoms with Crippen molar-refractivity contribution in [1.82, 2.24) is 0 Å². The summed E-state index contributed by atoms with van der Waals surface area (Å²) in [6.45, 7) is 2.68. The van der Waals surface area contributed by atoms with Crippen LogP contribution in [-0.4, -0.2) is 11.3 Å². The predicted octanol–water partition coefficient (Wildman–Crippen LogP) is 3.92. The number of halogens is 3. The van der Waals surface area contributed by atoms with Crippen molar-refractivity contribution in [3.05, 3.63) is 47.5 Å². The molecule has 4 heteroatoms. The van der Waals surface area contributed by atoms with Crippen LogP contribution in [0.5, 0.6) is 0 Å². The summed E-state index contributed by atoms with van der Waals surface area (Å²) in [7, 11) is 0. The Balaban J connectivity index is 2.58. The Hall–Kier alpha value is -1.55. The lowest BCUT2D eigenvalue weighted by atomic mass is 9.93. The number of alkyl halides is 3. The largest absolute Gasteiger partial charge is 0.421 e. The highest BCUT2D eigenvalue weighted by molar-refractivity contribution is 5.84. The molecule has 0 fully saturated rings. The molecule has 1 nitrogen and oxygen atoms in total. The summed E-state index contributed by atoms with van der Waals surface area (Å²) < 4.78 is 38.2. The van der Waals surface area contributed by atoms with Gasteiger partial charge in [-0.1, -0.05) is 35.9 Å². The van der Waals surface area contributed by atoms with E-state index in [1.807, 2.05) is 19.1 Å². The van der Waals surface area contributed by atoms with E-state index in [2.05, 4.69) is 0 Å². The third kappa shape index (κ3) is 2.08. The number of aliphatic hydroxyl groups is 1. The Morgan fingerprint density at radius 3 is 2.11 bits per heavy atom. The predicted molar refractivity (Wildman–Crippen MR) is 64.3 cm³/mol. The maximum absolute atomic E-state index is 12.7. The van der Waals surface area contributed by atoms with Crippen molar-refractivity contribution in [3.63, 3.8) is 0 Å². The molecule has 0 bridgehead atoms. The van der Waals surface area contributed by atoms with Crippen LogP contribution >= 0.6 is 0 Å². The molecule has 1 atom stereocenters. The van der Waals surface area contributed by atoms with Gasteiger partial charge in [-0.15, -0.1) is 0 Å². The Kier molecular flexibility index (Phi) is 2.86. The number of fused-ring (bicyclic) bond motifs is 1. The van der Waals surface area contributed by atoms with Gasteiger partial charge in [0, 0.05) is 0 Å². The van der Waals surface area contributed by atoms with Gasteiger partial charge in [0.1, 0.15) is 0 Å². The molecule has 2 aromatic rings. The summed E-state index contributed by atoms with van der Waals surface area (Å²) in [6.07, 6.45) is -4.69. The fraction of sp³-hybridized carbons (Fsp3) is 0.286. The Labute approximate surface area is 103 Å². The first-order chi connectivity index (χ1) is 8.22. The average Bonchev–Trinajstić information content (AvgIpc) is 2.26. The molecule has 0 heterocycles. The van der Waals surface area contributed by atoms with E-state index in [0.717, 1.165) is 17.9 Å². The van der Waals surface area contributed by atoms with Crippen molar-refractivity contribution in [1.29, 1.82) is 0 Å². The minimum atomic E-state index is -4.69. The van der Waals surface area contributed by atoms with Crippen LogP contribution in [-0.2, 0) is 5.60 Å². The summed E-state index contributed by atoms with van der Waals surface area (Å²) >= 11 is 0. The normalized spacial score (nSPS) is 15.7. The van der Waals surface area contributed by atoms with Gasteiger partial charge in [-0.2, -0.15) is 13.2 Å². The van der Waals surface area contributed by atoms with Crippen LogP contribution in [0.2, 0.25) is 0 Å². The zero-order valence-electron chi connectivity index (χ0n) is 10.0. The van der Waals surface area contributed by atoms with Crippen LogP contribution < -0.4 is 0 Å². The molecule has 0 aliphatic heterocycles. The molecular weight excluding hydrogens is 241 g/mol. The van der Waals surface area contributed by atoms with Crippen LogP contribution in [0.25, 0.3) is 10.8 Å². The van der Waals surface area contributed by atoms with Gasteiger partial charge in [0.15, 0.2) is 5.60 Å². The fourth-order valence-corrected chi connectivity index (χ4v) is 1.83. The third-order valence-electron chi connectivity index (χ3n) is 3.11. The summed E-state index contributed by atoms with van der Waals surface area (Å²) in [5.41, 5.74) is -1.93. The molecule has 0 saturated carbocycles. The van der Waals surface area contributed by atoms with Gasteiger partial charge in [0.25, 0.3) is 0 Å². The van der Waals surface area contributed by atoms with E-state index in [9.17, 15) is 18.3 Å². The first kappa shape index (κ1) is 12.9. The van der Waals surface area contributed by atoms with E-state index >= 15 is 0 Å². The van der Waals surface area contributed by atoms with Crippen LogP contribution in [0.15, 0.2) is 36.4 Å². The monoisotopic (exact) mass is 254 g/mol. The minimum Gasteiger partial charge on any atom is -0.376 e. The average molecular weight is 254 g/mol. The van der Waals surface area contributed by atoms with E-state index in [1.165, 1.54) is 12.1 Å². The first-order valence-corrected chi connectivity index (χ1v) is 5.52. The van der Waals surface area contributed by atoms with Crippen molar-refractivity contribution in [3.8, 4) is 0 Å². The summed E-state index contributed by atoms with van der Waals surface area (Å²) in [6, 6.07) is 9.76. The van der Waals surface area contributed by atoms with E-state index in [0.29, 0.717) is 5.39 Å². The zero-order valence-corrected chi connectivity index (χ0v) is 10.0. The molecule has 1 N–H and O–H groups in total. The van der Waals surface area contributed by atoms with Crippen molar-refractivity contribution in [2.75, 3.05) is 0 Å². The highest BCUT2D eigenvalue weighted by atomic mass is 19.4. The number of hydrogen-bond acceptors (Lipinski definition) is 1. The highest BCUT2D eigenvalue weighted by Gasteiger charge is 2.51. The maximum atomic E-state index is 12.7. The van der Waals surface area contributed by atoms with Gasteiger partial charge in [0.05, 0.1) is 0 Å². The maximum Gasteiger partial charge on any atom is 0.421 e. The van der Waals surface area contributed by atoms with Gasteiger partial charge in [-0.25, -0.2) is 0 Å². The Morgan fingerprint density at radius 2 is 1.50 bits per heavy atom. The second-order valence-corrected chi connectivity index (χ2v) is 4.64. The molecule has 0 aliphatic carbocycles. The molecule has 0 saturated heterocycles. The molecule has 96 valence electrons. The van der Waals surface area contributed by atoms with Gasteiger partial charge >= 0.3 is 6.18 Å². The Bertz CT molecular complexity index is 585. The third-order valence-corrected chi connectivity index (χ3v) is 3.11. The molecule has 0 aliphatic rings. The quantitative estimate of drug-likeness (QED) is 0.817. The molecule has 0 amide bonds. The van der Waals surface area contributed by atoms with E-state index < -0.39 is 11.8 Å². The molecular formula is C14H13F3O. The molecule has 18 heavy (non-hydrogen) atoms. The van der Waals surface area contributed by atoms with Gasteiger partial charge in [-0.3, -0.25) is 0 Å². The van der Waals surface area contributed by atoms with Crippen molar-refractivity contribution >= 4 is 10.8 Å². The molecule has 2 aromatic carbocycles. The minimum absolute atomic E-state index is 0.147. The van der Waals surface area contributed by atoms with Crippen molar-refractivity contribution < 1.29 is 18.3 Å². The van der Waals surface area contributed by atoms with Crippen LogP contribution in [0.4, 0.5) is 13.2 Å². The number of benzene rings is 2. The summed E-state index contributed by atoms with van der Waals surface area (Å²) in [4.78, 5) is 0. The molecule has 0 aromatic heterocycles. The van der Waals surface area contributed by atoms with Gasteiger partial charge in [-0.05, 0) is 36.2 Å². The molecule has 0 radical (unpaired) electrons. The summed E-state index contributed by atoms with van der Waals surface area (Å²) in [5, 5.41) is 11.2. The standard InChI is InChI=1S/C14H13F3O/c1-9-3-4-11-8-12(6-5-10(11)7-9)13(2,18)14(15,16)17/h3-8,18H,1-2H3. The van der Waals surface area contributed by atoms with E-state index in [-0.39, 0.29) is 5.56 Å². The smallest absolute Gasteiger partial charge is 0.376 e. The number of aryl methyl sites for hydroxylation is 1. The fourth-order valence-electron chi connectivity index (χ4n) is 1.83. The Morgan fingerprint density at radius 1 is 0.944 bits per heavy atom. The van der Waals surface area contributed by atoms with Crippen molar-refractivity contribution in [2.24, 2.45) is 0 Å². The first-order valence-electron chi connectivity index (χ1n) is 5.52. The lowest BCUT2D eigenvalue weighted by Crippen LogP contribution is -2.39. The lowest BCUT2D eigenvalue weighted by molar-refractivity contribution is -0.258. The number of rotatable bonds is 1. The molecule has 0 spiro atoms. The topological polar surface area (TPSA) is 20.2 Å².